The number of rotatable bonds is 9. The number of carbonyl (C=O) groups excluding carboxylic acids is 1. The molecule has 4 rings (SSSR count). The molecule has 1 amide bonds. The van der Waals surface area contributed by atoms with Gasteiger partial charge in [-0.15, -0.1) is 0 Å². The molecule has 170 valence electrons. The van der Waals surface area contributed by atoms with Gasteiger partial charge >= 0.3 is 12.1 Å². The van der Waals surface area contributed by atoms with Crippen molar-refractivity contribution in [1.82, 2.24) is 0 Å². The lowest BCUT2D eigenvalue weighted by atomic mass is 10.0. The summed E-state index contributed by atoms with van der Waals surface area (Å²) in [6, 6.07) is 23.0. The molecule has 8 heteroatoms. The van der Waals surface area contributed by atoms with Crippen LogP contribution in [0.4, 0.5) is 10.5 Å². The Kier molecular flexibility index (Phi) is 6.75. The van der Waals surface area contributed by atoms with E-state index in [1.165, 1.54) is 4.90 Å². The summed E-state index contributed by atoms with van der Waals surface area (Å²) in [5.41, 5.74) is 2.37. The fourth-order valence-electron chi connectivity index (χ4n) is 3.65. The first-order chi connectivity index (χ1) is 16.0. The number of aliphatic hydroxyl groups excluding tert-OH is 1. The van der Waals surface area contributed by atoms with Gasteiger partial charge in [0.25, 0.3) is 0 Å². The highest BCUT2D eigenvalue weighted by atomic mass is 16.6. The van der Waals surface area contributed by atoms with Crippen LogP contribution in [0.1, 0.15) is 17.2 Å². The first-order valence-electron chi connectivity index (χ1n) is 10.4. The fourth-order valence-corrected chi connectivity index (χ4v) is 3.65. The van der Waals surface area contributed by atoms with Crippen LogP contribution in [0.25, 0.3) is 0 Å². The summed E-state index contributed by atoms with van der Waals surface area (Å²) in [5, 5.41) is 18.5. The standard InChI is InChI=1S/C25H23NO7/c27-14-22-24(18-6-10-20(11-7-18)31-15-17-4-2-1-3-5-17)26(25(30)33-22)19-8-12-21(13-9-19)32-16-23(28)29/h1-13,22,24,27H,14-16H2,(H,28,29)/t22-,24-/m1/s1. The summed E-state index contributed by atoms with van der Waals surface area (Å²) < 4.78 is 16.4. The zero-order chi connectivity index (χ0) is 23.2. The molecule has 1 saturated heterocycles. The molecule has 0 spiro atoms. The lowest BCUT2D eigenvalue weighted by molar-refractivity contribution is -0.139. The Balaban J connectivity index is 1.51. The first kappa shape index (κ1) is 22.2. The van der Waals surface area contributed by atoms with Crippen molar-refractivity contribution in [3.63, 3.8) is 0 Å². The van der Waals surface area contributed by atoms with Gasteiger partial charge in [-0.1, -0.05) is 42.5 Å². The van der Waals surface area contributed by atoms with E-state index >= 15 is 0 Å². The quantitative estimate of drug-likeness (QED) is 0.512. The third-order valence-corrected chi connectivity index (χ3v) is 5.21. The Morgan fingerprint density at radius 2 is 1.55 bits per heavy atom. The summed E-state index contributed by atoms with van der Waals surface area (Å²) >= 11 is 0. The number of benzene rings is 3. The van der Waals surface area contributed by atoms with Crippen molar-refractivity contribution < 1.29 is 34.0 Å². The number of aliphatic hydroxyl groups is 1. The monoisotopic (exact) mass is 449 g/mol. The first-order valence-corrected chi connectivity index (χ1v) is 10.4. The number of amides is 1. The van der Waals surface area contributed by atoms with E-state index in [0.29, 0.717) is 23.8 Å². The van der Waals surface area contributed by atoms with Gasteiger partial charge < -0.3 is 24.4 Å². The van der Waals surface area contributed by atoms with Gasteiger partial charge in [-0.2, -0.15) is 0 Å². The zero-order valence-corrected chi connectivity index (χ0v) is 17.7. The Labute approximate surface area is 190 Å². The predicted molar refractivity (Wildman–Crippen MR) is 119 cm³/mol. The van der Waals surface area contributed by atoms with Crippen molar-refractivity contribution in [3.05, 3.63) is 90.0 Å². The van der Waals surface area contributed by atoms with Crippen molar-refractivity contribution in [2.24, 2.45) is 0 Å². The normalized spacial score (nSPS) is 17.5. The van der Waals surface area contributed by atoms with Crippen LogP contribution in [-0.2, 0) is 16.1 Å². The number of aliphatic carboxylic acids is 1. The van der Waals surface area contributed by atoms with E-state index in [1.807, 2.05) is 54.6 Å². The maximum Gasteiger partial charge on any atom is 0.415 e. The topological polar surface area (TPSA) is 106 Å². The van der Waals surface area contributed by atoms with Crippen molar-refractivity contribution in [2.75, 3.05) is 18.1 Å². The van der Waals surface area contributed by atoms with Crippen molar-refractivity contribution in [1.29, 1.82) is 0 Å². The number of hydrogen-bond acceptors (Lipinski definition) is 6. The largest absolute Gasteiger partial charge is 0.489 e. The lowest BCUT2D eigenvalue weighted by Gasteiger charge is -2.24. The highest BCUT2D eigenvalue weighted by Crippen LogP contribution is 2.38. The minimum atomic E-state index is -1.08. The molecule has 1 fully saturated rings. The third-order valence-electron chi connectivity index (χ3n) is 5.21. The molecule has 33 heavy (non-hydrogen) atoms. The summed E-state index contributed by atoms with van der Waals surface area (Å²) in [7, 11) is 0. The summed E-state index contributed by atoms with van der Waals surface area (Å²) in [5.74, 6) is -0.0343. The second-order valence-corrected chi connectivity index (χ2v) is 7.44. The van der Waals surface area contributed by atoms with E-state index in [4.69, 9.17) is 19.3 Å². The van der Waals surface area contributed by atoms with Crippen LogP contribution in [0.2, 0.25) is 0 Å². The molecule has 2 N–H and O–H groups in total. The zero-order valence-electron chi connectivity index (χ0n) is 17.7. The molecular formula is C25H23NO7. The average Bonchev–Trinajstić information content (AvgIpc) is 3.19. The Morgan fingerprint density at radius 3 is 2.18 bits per heavy atom. The number of ether oxygens (including phenoxy) is 3. The maximum atomic E-state index is 12.6. The third kappa shape index (κ3) is 5.24. The van der Waals surface area contributed by atoms with Gasteiger partial charge in [0.1, 0.15) is 24.1 Å². The number of carbonyl (C=O) groups is 2. The van der Waals surface area contributed by atoms with Gasteiger partial charge in [0, 0.05) is 5.69 Å². The highest BCUT2D eigenvalue weighted by molar-refractivity contribution is 5.91. The van der Waals surface area contributed by atoms with Crippen molar-refractivity contribution in [2.45, 2.75) is 18.8 Å². The Bertz CT molecular complexity index is 1080. The van der Waals surface area contributed by atoms with Crippen molar-refractivity contribution >= 4 is 17.7 Å². The second kappa shape index (κ2) is 10.1. The number of anilines is 1. The van der Waals surface area contributed by atoms with Crippen LogP contribution in [0.15, 0.2) is 78.9 Å². The van der Waals surface area contributed by atoms with Crippen LogP contribution in [-0.4, -0.2) is 41.6 Å². The number of cyclic esters (lactones) is 1. The van der Waals surface area contributed by atoms with E-state index in [1.54, 1.807) is 24.3 Å². The molecule has 3 aromatic carbocycles. The second-order valence-electron chi connectivity index (χ2n) is 7.44. The van der Waals surface area contributed by atoms with Crippen molar-refractivity contribution in [3.8, 4) is 11.5 Å². The number of hydrogen-bond donors (Lipinski definition) is 2. The molecule has 0 radical (unpaired) electrons. The SMILES string of the molecule is O=C(O)COc1ccc(N2C(=O)O[C@H](CO)[C@H]2c2ccc(OCc3ccccc3)cc2)cc1. The lowest BCUT2D eigenvalue weighted by Crippen LogP contribution is -2.30. The van der Waals surface area contributed by atoms with E-state index in [9.17, 15) is 14.7 Å². The average molecular weight is 449 g/mol. The van der Waals surface area contributed by atoms with Crippen LogP contribution in [0, 0.1) is 0 Å². The van der Waals surface area contributed by atoms with E-state index in [0.717, 1.165) is 11.1 Å². The van der Waals surface area contributed by atoms with Crippen LogP contribution >= 0.6 is 0 Å². The molecule has 1 aliphatic rings. The van der Waals surface area contributed by atoms with Gasteiger partial charge in [-0.05, 0) is 47.5 Å². The molecule has 0 aromatic heterocycles. The van der Waals surface area contributed by atoms with E-state index < -0.39 is 30.8 Å². The highest BCUT2D eigenvalue weighted by Gasteiger charge is 2.43. The molecule has 0 unspecified atom stereocenters. The van der Waals surface area contributed by atoms with Crippen LogP contribution in [0.5, 0.6) is 11.5 Å². The fraction of sp³-hybridized carbons (Fsp3) is 0.200. The van der Waals surface area contributed by atoms with Crippen LogP contribution in [0.3, 0.4) is 0 Å². The van der Waals surface area contributed by atoms with Gasteiger partial charge in [0.05, 0.1) is 6.61 Å². The van der Waals surface area contributed by atoms with E-state index in [2.05, 4.69) is 0 Å². The van der Waals surface area contributed by atoms with Gasteiger partial charge in [-0.25, -0.2) is 9.59 Å². The van der Waals surface area contributed by atoms with Gasteiger partial charge in [-0.3, -0.25) is 4.90 Å². The molecule has 0 bridgehead atoms. The summed E-state index contributed by atoms with van der Waals surface area (Å²) in [6.45, 7) is -0.356. The Hall–Kier alpha value is -4.04. The molecule has 0 aliphatic carbocycles. The molecule has 1 aliphatic heterocycles. The van der Waals surface area contributed by atoms with E-state index in [-0.39, 0.29) is 6.61 Å². The molecule has 2 atom stereocenters. The predicted octanol–water partition coefficient (Wildman–Crippen LogP) is 3.79. The molecule has 1 heterocycles. The molecule has 0 saturated carbocycles. The molecular weight excluding hydrogens is 426 g/mol. The number of carboxylic acids is 1. The number of nitrogens with zero attached hydrogens (tertiary/aromatic N) is 1. The molecule has 8 nitrogen and oxygen atoms in total. The van der Waals surface area contributed by atoms with Gasteiger partial charge in [0.2, 0.25) is 0 Å². The minimum Gasteiger partial charge on any atom is -0.489 e. The van der Waals surface area contributed by atoms with Gasteiger partial charge in [0.15, 0.2) is 12.7 Å². The molecule has 3 aromatic rings. The Morgan fingerprint density at radius 1 is 0.909 bits per heavy atom. The summed E-state index contributed by atoms with van der Waals surface area (Å²) in [4.78, 5) is 24.7. The minimum absolute atomic E-state index is 0.334. The smallest absolute Gasteiger partial charge is 0.415 e. The van der Waals surface area contributed by atoms with Crippen LogP contribution < -0.4 is 14.4 Å². The summed E-state index contributed by atoms with van der Waals surface area (Å²) in [6.07, 6.45) is -1.32. The maximum absolute atomic E-state index is 12.6. The number of carboxylic acid groups (broad SMARTS) is 1.